The van der Waals surface area contributed by atoms with Crippen molar-refractivity contribution in [1.82, 2.24) is 20.1 Å². The van der Waals surface area contributed by atoms with Crippen LogP contribution in [0.15, 0.2) is 24.5 Å². The molecule has 0 spiro atoms. The number of likely N-dealkylation sites (tertiary alicyclic amines) is 1. The first-order valence-corrected chi connectivity index (χ1v) is 9.32. The highest BCUT2D eigenvalue weighted by atomic mass is 15.2. The molecular weight excluding hydrogens is 324 g/mol. The van der Waals surface area contributed by atoms with E-state index in [2.05, 4.69) is 51.5 Å². The second-order valence-electron chi connectivity index (χ2n) is 6.81. The molecule has 0 radical (unpaired) electrons. The second-order valence-corrected chi connectivity index (χ2v) is 6.81. The number of nitrogens with zero attached hydrogens (tertiary/aromatic N) is 5. The number of anilines is 1. The fourth-order valence-corrected chi connectivity index (χ4v) is 3.96. The lowest BCUT2D eigenvalue weighted by molar-refractivity contribution is 0.281. The Kier molecular flexibility index (Phi) is 5.79. The Labute approximate surface area is 155 Å². The summed E-state index contributed by atoms with van der Waals surface area (Å²) in [5.74, 6) is 1.05. The first kappa shape index (κ1) is 18.3. The molecule has 2 aromatic rings. The largest absolute Gasteiger partial charge is 0.367 e. The Morgan fingerprint density at radius 3 is 2.81 bits per heavy atom. The maximum atomic E-state index is 9.64. The minimum Gasteiger partial charge on any atom is -0.367 e. The van der Waals surface area contributed by atoms with Crippen LogP contribution < -0.4 is 5.32 Å². The Balaban J connectivity index is 1.79. The second kappa shape index (κ2) is 8.24. The lowest BCUT2D eigenvalue weighted by Gasteiger charge is -2.25. The molecule has 2 atom stereocenters. The van der Waals surface area contributed by atoms with Crippen molar-refractivity contribution in [1.29, 1.82) is 5.26 Å². The summed E-state index contributed by atoms with van der Waals surface area (Å²) in [6, 6.07) is 6.79. The average molecular weight is 350 g/mol. The molecule has 0 saturated carbocycles. The van der Waals surface area contributed by atoms with Crippen molar-refractivity contribution in [2.75, 3.05) is 25.5 Å². The third-order valence-electron chi connectivity index (χ3n) is 5.29. The minimum absolute atomic E-state index is 0.329. The highest BCUT2D eigenvalue weighted by molar-refractivity contribution is 5.56. The highest BCUT2D eigenvalue weighted by Gasteiger charge is 2.33. The molecule has 0 unspecified atom stereocenters. The van der Waals surface area contributed by atoms with Gasteiger partial charge in [-0.25, -0.2) is 0 Å². The van der Waals surface area contributed by atoms with Crippen LogP contribution in [0.5, 0.6) is 0 Å². The number of hydrogen-bond donors (Lipinski definition) is 1. The molecule has 0 bridgehead atoms. The standard InChI is InChI=1S/C20H26N6/c1-4-16-17(11-21)20(25-24-18(16)5-2)23-13-15-8-10-26(3)19(15)14-7-6-9-22-12-14/h6-7,9,12,15,19H,4-5,8,10,13H2,1-3H3,(H,23,25)/t15-,19-/m0/s1. The Hall–Kier alpha value is -2.52. The third kappa shape index (κ3) is 3.54. The maximum Gasteiger partial charge on any atom is 0.166 e. The molecule has 136 valence electrons. The highest BCUT2D eigenvalue weighted by Crippen LogP contribution is 2.36. The molecule has 3 heterocycles. The van der Waals surface area contributed by atoms with Gasteiger partial charge in [0, 0.05) is 25.0 Å². The SMILES string of the molecule is CCc1nnc(NC[C@@H]2CCN(C)[C@H]2c2cccnc2)c(C#N)c1CC. The summed E-state index contributed by atoms with van der Waals surface area (Å²) in [6.45, 7) is 5.93. The van der Waals surface area contributed by atoms with Crippen molar-refractivity contribution in [2.24, 2.45) is 5.92 Å². The van der Waals surface area contributed by atoms with Gasteiger partial charge in [0.05, 0.1) is 5.69 Å². The summed E-state index contributed by atoms with van der Waals surface area (Å²) < 4.78 is 0. The monoisotopic (exact) mass is 350 g/mol. The lowest BCUT2D eigenvalue weighted by atomic mass is 9.94. The van der Waals surface area contributed by atoms with Crippen molar-refractivity contribution in [3.05, 3.63) is 46.9 Å². The van der Waals surface area contributed by atoms with E-state index < -0.39 is 0 Å². The van der Waals surface area contributed by atoms with Gasteiger partial charge in [-0.3, -0.25) is 9.88 Å². The van der Waals surface area contributed by atoms with Crippen LogP contribution in [0.1, 0.15) is 48.7 Å². The lowest BCUT2D eigenvalue weighted by Crippen LogP contribution is -2.25. The molecular formula is C20H26N6. The van der Waals surface area contributed by atoms with Crippen molar-refractivity contribution in [3.63, 3.8) is 0 Å². The number of rotatable bonds is 6. The topological polar surface area (TPSA) is 77.7 Å². The van der Waals surface area contributed by atoms with E-state index >= 15 is 0 Å². The van der Waals surface area contributed by atoms with Crippen LogP contribution in [-0.2, 0) is 12.8 Å². The van der Waals surface area contributed by atoms with E-state index in [1.165, 1.54) is 5.56 Å². The predicted molar refractivity (Wildman–Crippen MR) is 102 cm³/mol. The molecule has 3 rings (SSSR count). The smallest absolute Gasteiger partial charge is 0.166 e. The van der Waals surface area contributed by atoms with Crippen molar-refractivity contribution in [3.8, 4) is 6.07 Å². The Morgan fingerprint density at radius 2 is 2.15 bits per heavy atom. The molecule has 26 heavy (non-hydrogen) atoms. The Morgan fingerprint density at radius 1 is 1.31 bits per heavy atom. The molecule has 6 heteroatoms. The quantitative estimate of drug-likeness (QED) is 0.863. The van der Waals surface area contributed by atoms with Crippen LogP contribution in [0, 0.1) is 17.2 Å². The molecule has 1 fully saturated rings. The van der Waals surface area contributed by atoms with Crippen molar-refractivity contribution in [2.45, 2.75) is 39.2 Å². The number of nitriles is 1. The van der Waals surface area contributed by atoms with Crippen LogP contribution in [0.3, 0.4) is 0 Å². The molecule has 0 aliphatic carbocycles. The zero-order chi connectivity index (χ0) is 18.5. The zero-order valence-electron chi connectivity index (χ0n) is 15.7. The number of pyridine rings is 1. The van der Waals surface area contributed by atoms with E-state index in [-0.39, 0.29) is 0 Å². The first-order chi connectivity index (χ1) is 12.7. The predicted octanol–water partition coefficient (Wildman–Crippen LogP) is 2.97. The van der Waals surface area contributed by atoms with Gasteiger partial charge in [-0.2, -0.15) is 10.4 Å². The summed E-state index contributed by atoms with van der Waals surface area (Å²) in [6.07, 6.45) is 6.45. The number of hydrogen-bond acceptors (Lipinski definition) is 6. The molecule has 1 saturated heterocycles. The van der Waals surface area contributed by atoms with Gasteiger partial charge in [-0.15, -0.1) is 5.10 Å². The van der Waals surface area contributed by atoms with Gasteiger partial charge in [0.2, 0.25) is 0 Å². The normalized spacial score (nSPS) is 20.1. The Bertz CT molecular complexity index is 783. The van der Waals surface area contributed by atoms with Crippen LogP contribution in [-0.4, -0.2) is 40.2 Å². The van der Waals surface area contributed by atoms with E-state index in [1.807, 2.05) is 25.4 Å². The fourth-order valence-electron chi connectivity index (χ4n) is 3.96. The summed E-state index contributed by atoms with van der Waals surface area (Å²) in [4.78, 5) is 6.65. The molecule has 2 aromatic heterocycles. The first-order valence-electron chi connectivity index (χ1n) is 9.32. The van der Waals surface area contributed by atoms with E-state index in [9.17, 15) is 5.26 Å². The van der Waals surface area contributed by atoms with Gasteiger partial charge in [0.15, 0.2) is 5.82 Å². The minimum atomic E-state index is 0.329. The van der Waals surface area contributed by atoms with Crippen molar-refractivity contribution < 1.29 is 0 Å². The summed E-state index contributed by atoms with van der Waals surface area (Å²) >= 11 is 0. The van der Waals surface area contributed by atoms with E-state index in [0.717, 1.165) is 43.6 Å². The summed E-state index contributed by atoms with van der Waals surface area (Å²) in [7, 11) is 2.16. The van der Waals surface area contributed by atoms with Crippen LogP contribution in [0.25, 0.3) is 0 Å². The van der Waals surface area contributed by atoms with Crippen molar-refractivity contribution >= 4 is 5.82 Å². The average Bonchev–Trinajstić information content (AvgIpc) is 3.06. The van der Waals surface area contributed by atoms with Crippen LogP contribution in [0.2, 0.25) is 0 Å². The van der Waals surface area contributed by atoms with Gasteiger partial charge in [0.25, 0.3) is 0 Å². The van der Waals surface area contributed by atoms with Crippen LogP contribution >= 0.6 is 0 Å². The molecule has 0 amide bonds. The zero-order valence-corrected chi connectivity index (χ0v) is 15.7. The van der Waals surface area contributed by atoms with Gasteiger partial charge in [0.1, 0.15) is 11.6 Å². The third-order valence-corrected chi connectivity index (χ3v) is 5.29. The number of aryl methyl sites for hydroxylation is 1. The van der Waals surface area contributed by atoms with E-state index in [1.54, 1.807) is 0 Å². The van der Waals surface area contributed by atoms with E-state index in [4.69, 9.17) is 0 Å². The maximum absolute atomic E-state index is 9.64. The summed E-state index contributed by atoms with van der Waals surface area (Å²) in [5.41, 5.74) is 3.81. The number of nitrogens with one attached hydrogen (secondary N) is 1. The fraction of sp³-hybridized carbons (Fsp3) is 0.500. The van der Waals surface area contributed by atoms with Crippen LogP contribution in [0.4, 0.5) is 5.82 Å². The molecule has 1 N–H and O–H groups in total. The van der Waals surface area contributed by atoms with Gasteiger partial charge >= 0.3 is 0 Å². The molecule has 1 aliphatic rings. The number of aromatic nitrogens is 3. The summed E-state index contributed by atoms with van der Waals surface area (Å²) in [5, 5.41) is 21.7. The molecule has 1 aliphatic heterocycles. The van der Waals surface area contributed by atoms with Gasteiger partial charge < -0.3 is 5.32 Å². The van der Waals surface area contributed by atoms with Gasteiger partial charge in [-0.1, -0.05) is 19.9 Å². The van der Waals surface area contributed by atoms with Gasteiger partial charge in [-0.05, 0) is 56.0 Å². The van der Waals surface area contributed by atoms with E-state index in [0.29, 0.717) is 23.3 Å². The molecule has 6 nitrogen and oxygen atoms in total. The molecule has 0 aromatic carbocycles.